The van der Waals surface area contributed by atoms with Gasteiger partial charge in [0.05, 0.1) is 10.7 Å². The molecule has 0 atom stereocenters. The maximum atomic E-state index is 6.25. The average Bonchev–Trinajstić information content (AvgIpc) is 2.68. The zero-order valence-corrected chi connectivity index (χ0v) is 11.7. The molecule has 0 radical (unpaired) electrons. The first kappa shape index (κ1) is 11.7. The van der Waals surface area contributed by atoms with Crippen molar-refractivity contribution in [2.24, 2.45) is 0 Å². The number of hydrogen-bond donors (Lipinski definition) is 1. The fraction of sp³-hybridized carbons (Fsp3) is 0.400. The number of nitrogens with zero attached hydrogens (tertiary/aromatic N) is 1. The van der Waals surface area contributed by atoms with Gasteiger partial charge in [0, 0.05) is 16.6 Å². The fourth-order valence-corrected chi connectivity index (χ4v) is 4.27. The number of hydrogen-bond acceptors (Lipinski definition) is 3. The highest BCUT2D eigenvalue weighted by Gasteiger charge is 2.33. The van der Waals surface area contributed by atoms with Gasteiger partial charge in [0.15, 0.2) is 0 Å². The van der Waals surface area contributed by atoms with Gasteiger partial charge in [-0.2, -0.15) is 0 Å². The van der Waals surface area contributed by atoms with E-state index in [0.29, 0.717) is 0 Å². The standard InChI is InChI=1S/C15H18N2S/c1-15(2)8-5-7-11-13(15)12(14(16)18-11)10-6-3-4-9-17-10/h3-4,6,9H,5,7-8,16H2,1-2H3. The number of aryl methyl sites for hydroxylation is 1. The maximum Gasteiger partial charge on any atom is 0.0957 e. The molecular weight excluding hydrogens is 240 g/mol. The van der Waals surface area contributed by atoms with E-state index in [1.54, 1.807) is 11.3 Å². The molecule has 0 saturated heterocycles. The number of nitrogen functional groups attached to an aromatic ring is 1. The lowest BCUT2D eigenvalue weighted by atomic mass is 9.73. The smallest absolute Gasteiger partial charge is 0.0957 e. The van der Waals surface area contributed by atoms with Gasteiger partial charge in [0.25, 0.3) is 0 Å². The predicted octanol–water partition coefficient (Wildman–Crippen LogP) is 4.01. The summed E-state index contributed by atoms with van der Waals surface area (Å²) >= 11 is 1.75. The molecule has 2 N–H and O–H groups in total. The minimum absolute atomic E-state index is 0.217. The highest BCUT2D eigenvalue weighted by atomic mass is 32.1. The molecule has 0 bridgehead atoms. The Morgan fingerprint density at radius 1 is 1.33 bits per heavy atom. The van der Waals surface area contributed by atoms with Crippen molar-refractivity contribution < 1.29 is 0 Å². The third-order valence-electron chi connectivity index (χ3n) is 3.81. The third-order valence-corrected chi connectivity index (χ3v) is 4.89. The molecule has 0 aromatic carbocycles. The molecular formula is C15H18N2S. The molecule has 2 aromatic heterocycles. The molecule has 0 spiro atoms. The molecule has 0 aliphatic heterocycles. The SMILES string of the molecule is CC1(C)CCCc2sc(N)c(-c3ccccn3)c21. The van der Waals surface area contributed by atoms with Crippen molar-refractivity contribution in [3.63, 3.8) is 0 Å². The molecule has 1 aliphatic rings. The van der Waals surface area contributed by atoms with Gasteiger partial charge < -0.3 is 5.73 Å². The van der Waals surface area contributed by atoms with Crippen molar-refractivity contribution in [1.82, 2.24) is 4.98 Å². The van der Waals surface area contributed by atoms with Crippen LogP contribution in [0.4, 0.5) is 5.00 Å². The van der Waals surface area contributed by atoms with E-state index in [2.05, 4.69) is 24.9 Å². The highest BCUT2D eigenvalue weighted by Crippen LogP contribution is 2.49. The van der Waals surface area contributed by atoms with E-state index in [4.69, 9.17) is 5.73 Å². The quantitative estimate of drug-likeness (QED) is 0.839. The summed E-state index contributed by atoms with van der Waals surface area (Å²) in [6.45, 7) is 4.65. The molecule has 2 aromatic rings. The van der Waals surface area contributed by atoms with Crippen LogP contribution in [0.5, 0.6) is 0 Å². The summed E-state index contributed by atoms with van der Waals surface area (Å²) in [6, 6.07) is 6.04. The van der Waals surface area contributed by atoms with Crippen LogP contribution in [0, 0.1) is 0 Å². The lowest BCUT2D eigenvalue weighted by Crippen LogP contribution is -2.23. The van der Waals surface area contributed by atoms with E-state index in [-0.39, 0.29) is 5.41 Å². The van der Waals surface area contributed by atoms with Crippen LogP contribution < -0.4 is 5.73 Å². The molecule has 0 fully saturated rings. The Bertz CT molecular complexity index is 570. The molecule has 2 nitrogen and oxygen atoms in total. The summed E-state index contributed by atoms with van der Waals surface area (Å²) in [6.07, 6.45) is 5.51. The Kier molecular flexibility index (Phi) is 2.67. The van der Waals surface area contributed by atoms with Crippen LogP contribution >= 0.6 is 11.3 Å². The molecule has 0 amide bonds. The number of pyridine rings is 1. The first-order valence-electron chi connectivity index (χ1n) is 6.42. The lowest BCUT2D eigenvalue weighted by molar-refractivity contribution is 0.437. The Morgan fingerprint density at radius 2 is 2.17 bits per heavy atom. The van der Waals surface area contributed by atoms with Crippen LogP contribution in [0.15, 0.2) is 24.4 Å². The average molecular weight is 258 g/mol. The largest absolute Gasteiger partial charge is 0.390 e. The molecule has 94 valence electrons. The lowest BCUT2D eigenvalue weighted by Gasteiger charge is -2.31. The number of rotatable bonds is 1. The van der Waals surface area contributed by atoms with Gasteiger partial charge in [-0.15, -0.1) is 11.3 Å². The van der Waals surface area contributed by atoms with E-state index in [0.717, 1.165) is 10.7 Å². The summed E-state index contributed by atoms with van der Waals surface area (Å²) in [5, 5.41) is 0.925. The van der Waals surface area contributed by atoms with Gasteiger partial charge in [-0.25, -0.2) is 0 Å². The van der Waals surface area contributed by atoms with Gasteiger partial charge >= 0.3 is 0 Å². The van der Waals surface area contributed by atoms with Crippen molar-refractivity contribution in [2.75, 3.05) is 5.73 Å². The van der Waals surface area contributed by atoms with E-state index in [9.17, 15) is 0 Å². The van der Waals surface area contributed by atoms with Crippen molar-refractivity contribution in [1.29, 1.82) is 0 Å². The second kappa shape index (κ2) is 4.09. The number of fused-ring (bicyclic) bond motifs is 1. The van der Waals surface area contributed by atoms with E-state index < -0.39 is 0 Å². The van der Waals surface area contributed by atoms with Crippen LogP contribution in [0.2, 0.25) is 0 Å². The summed E-state index contributed by atoms with van der Waals surface area (Å²) < 4.78 is 0. The van der Waals surface area contributed by atoms with Crippen molar-refractivity contribution >= 4 is 16.3 Å². The van der Waals surface area contributed by atoms with Crippen LogP contribution in [0.3, 0.4) is 0 Å². The van der Waals surface area contributed by atoms with Gasteiger partial charge in [-0.3, -0.25) is 4.98 Å². The Labute approximate surface area is 112 Å². The van der Waals surface area contributed by atoms with Crippen molar-refractivity contribution in [3.8, 4) is 11.3 Å². The molecule has 0 unspecified atom stereocenters. The van der Waals surface area contributed by atoms with Crippen LogP contribution in [0.25, 0.3) is 11.3 Å². The normalized spacial score (nSPS) is 17.4. The summed E-state index contributed by atoms with van der Waals surface area (Å²) in [4.78, 5) is 5.94. The van der Waals surface area contributed by atoms with Crippen LogP contribution in [-0.4, -0.2) is 4.98 Å². The van der Waals surface area contributed by atoms with Gasteiger partial charge in [0.1, 0.15) is 0 Å². The number of thiophene rings is 1. The molecule has 0 saturated carbocycles. The Morgan fingerprint density at radius 3 is 2.89 bits per heavy atom. The first-order valence-corrected chi connectivity index (χ1v) is 7.24. The van der Waals surface area contributed by atoms with Gasteiger partial charge in [0.2, 0.25) is 0 Å². The second-order valence-corrected chi connectivity index (χ2v) is 6.73. The van der Waals surface area contributed by atoms with Crippen molar-refractivity contribution in [3.05, 3.63) is 34.8 Å². The summed E-state index contributed by atoms with van der Waals surface area (Å²) in [7, 11) is 0. The first-order chi connectivity index (χ1) is 8.59. The molecule has 2 heterocycles. The zero-order valence-electron chi connectivity index (χ0n) is 10.9. The number of anilines is 1. The summed E-state index contributed by atoms with van der Waals surface area (Å²) in [5.74, 6) is 0. The predicted molar refractivity (Wildman–Crippen MR) is 77.9 cm³/mol. The Balaban J connectivity index is 2.25. The van der Waals surface area contributed by atoms with E-state index in [1.807, 2.05) is 18.3 Å². The topological polar surface area (TPSA) is 38.9 Å². The summed E-state index contributed by atoms with van der Waals surface area (Å²) in [5.41, 5.74) is 10.1. The number of nitrogens with two attached hydrogens (primary N) is 1. The van der Waals surface area contributed by atoms with Crippen LogP contribution in [0.1, 0.15) is 37.1 Å². The molecule has 1 aliphatic carbocycles. The van der Waals surface area contributed by atoms with Crippen LogP contribution in [-0.2, 0) is 11.8 Å². The maximum absolute atomic E-state index is 6.25. The fourth-order valence-electron chi connectivity index (χ4n) is 2.97. The van der Waals surface area contributed by atoms with Gasteiger partial charge in [-0.1, -0.05) is 19.9 Å². The van der Waals surface area contributed by atoms with Gasteiger partial charge in [-0.05, 0) is 42.4 Å². The van der Waals surface area contributed by atoms with Crippen molar-refractivity contribution in [2.45, 2.75) is 38.5 Å². The minimum atomic E-state index is 0.217. The highest BCUT2D eigenvalue weighted by molar-refractivity contribution is 7.16. The van der Waals surface area contributed by atoms with E-state index >= 15 is 0 Å². The zero-order chi connectivity index (χ0) is 12.8. The monoisotopic (exact) mass is 258 g/mol. The number of aromatic nitrogens is 1. The molecule has 3 rings (SSSR count). The second-order valence-electron chi connectivity index (χ2n) is 5.59. The minimum Gasteiger partial charge on any atom is -0.390 e. The van der Waals surface area contributed by atoms with E-state index in [1.165, 1.54) is 35.3 Å². The molecule has 3 heteroatoms. The third kappa shape index (κ3) is 1.74. The molecule has 18 heavy (non-hydrogen) atoms. The Hall–Kier alpha value is -1.35.